The van der Waals surface area contributed by atoms with Crippen LogP contribution >= 0.6 is 0 Å². The normalized spacial score (nSPS) is 14.8. The predicted molar refractivity (Wildman–Crippen MR) is 127 cm³/mol. The van der Waals surface area contributed by atoms with Gasteiger partial charge in [-0.1, -0.05) is 75.6 Å². The molecule has 0 bridgehead atoms. The van der Waals surface area contributed by atoms with E-state index in [1.54, 1.807) is 4.68 Å². The molecule has 0 unspecified atom stereocenters. The summed E-state index contributed by atoms with van der Waals surface area (Å²) in [7, 11) is 0. The number of hydrogen-bond donors (Lipinski definition) is 1. The molecule has 5 rings (SSSR count). The van der Waals surface area contributed by atoms with Crippen molar-refractivity contribution in [2.24, 2.45) is 0 Å². The van der Waals surface area contributed by atoms with Crippen molar-refractivity contribution in [2.45, 2.75) is 64.5 Å². The molecule has 0 amide bonds. The van der Waals surface area contributed by atoms with Crippen LogP contribution in [0.4, 0.5) is 0 Å². The lowest BCUT2D eigenvalue weighted by atomic mass is 9.96. The topological polar surface area (TPSA) is 94.3 Å². The maximum atomic E-state index is 13.4. The fraction of sp³-hybridized carbons (Fsp3) is 0.400. The van der Waals surface area contributed by atoms with Gasteiger partial charge in [0.15, 0.2) is 0 Å². The number of benzene rings is 2. The molecular formula is C25H29N7O. The fourth-order valence-electron chi connectivity index (χ4n) is 4.77. The third kappa shape index (κ3) is 4.25. The highest BCUT2D eigenvalue weighted by Gasteiger charge is 2.24. The van der Waals surface area contributed by atoms with Crippen LogP contribution in [0.3, 0.4) is 0 Å². The van der Waals surface area contributed by atoms with E-state index in [1.807, 2.05) is 22.8 Å². The van der Waals surface area contributed by atoms with Crippen molar-refractivity contribution in [3.8, 4) is 22.5 Å². The van der Waals surface area contributed by atoms with E-state index >= 15 is 0 Å². The summed E-state index contributed by atoms with van der Waals surface area (Å²) >= 11 is 0. The number of tetrazole rings is 1. The van der Waals surface area contributed by atoms with Crippen LogP contribution in [0.2, 0.25) is 0 Å². The minimum atomic E-state index is -0.0150. The van der Waals surface area contributed by atoms with Crippen molar-refractivity contribution in [3.05, 3.63) is 70.4 Å². The monoisotopic (exact) mass is 443 g/mol. The van der Waals surface area contributed by atoms with Gasteiger partial charge in [-0.05, 0) is 40.8 Å². The Morgan fingerprint density at radius 3 is 2.52 bits per heavy atom. The van der Waals surface area contributed by atoms with Gasteiger partial charge in [0.2, 0.25) is 5.82 Å². The molecule has 4 aromatic rings. The van der Waals surface area contributed by atoms with Crippen molar-refractivity contribution in [2.75, 3.05) is 0 Å². The molecule has 2 aromatic carbocycles. The van der Waals surface area contributed by atoms with E-state index in [0.717, 1.165) is 53.8 Å². The van der Waals surface area contributed by atoms with Crippen molar-refractivity contribution in [1.29, 1.82) is 0 Å². The molecule has 0 spiro atoms. The minimum absolute atomic E-state index is 0.0150. The minimum Gasteiger partial charge on any atom is -0.274 e. The van der Waals surface area contributed by atoms with Gasteiger partial charge in [-0.2, -0.15) is 10.3 Å². The lowest BCUT2D eigenvalue weighted by Gasteiger charge is -2.20. The molecule has 2 aromatic heterocycles. The molecular weight excluding hydrogens is 414 g/mol. The number of nitrogens with one attached hydrogen (secondary N) is 1. The average molecular weight is 444 g/mol. The Kier molecular flexibility index (Phi) is 5.90. The third-order valence-electron chi connectivity index (χ3n) is 6.45. The Labute approximate surface area is 192 Å². The van der Waals surface area contributed by atoms with Crippen LogP contribution in [0.25, 0.3) is 22.5 Å². The summed E-state index contributed by atoms with van der Waals surface area (Å²) in [6, 6.07) is 16.6. The molecule has 1 fully saturated rings. The SMILES string of the molecule is CC(C)c1nn(C2CCCCC2)c(=O)n1Cc1ccc(-c2ccccc2)c(-c2nn[nH]n2)c1. The van der Waals surface area contributed by atoms with Crippen molar-refractivity contribution in [1.82, 2.24) is 35.0 Å². The van der Waals surface area contributed by atoms with Crippen LogP contribution in [-0.4, -0.2) is 35.0 Å². The summed E-state index contributed by atoms with van der Waals surface area (Å²) in [5.41, 5.74) is 3.97. The van der Waals surface area contributed by atoms with E-state index in [2.05, 4.69) is 64.8 Å². The van der Waals surface area contributed by atoms with Crippen LogP contribution in [0.1, 0.15) is 69.3 Å². The summed E-state index contributed by atoms with van der Waals surface area (Å²) in [5, 5.41) is 19.5. The summed E-state index contributed by atoms with van der Waals surface area (Å²) in [6.07, 6.45) is 5.63. The van der Waals surface area contributed by atoms with Crippen LogP contribution in [-0.2, 0) is 6.54 Å². The van der Waals surface area contributed by atoms with Gasteiger partial charge in [-0.15, -0.1) is 10.2 Å². The van der Waals surface area contributed by atoms with Crippen molar-refractivity contribution >= 4 is 0 Å². The quantitative estimate of drug-likeness (QED) is 0.471. The lowest BCUT2D eigenvalue weighted by Crippen LogP contribution is -2.30. The van der Waals surface area contributed by atoms with E-state index < -0.39 is 0 Å². The molecule has 1 N–H and O–H groups in total. The van der Waals surface area contributed by atoms with Gasteiger partial charge in [0.25, 0.3) is 0 Å². The maximum Gasteiger partial charge on any atom is 0.346 e. The Bertz CT molecular complexity index is 1270. The molecule has 1 saturated carbocycles. The highest BCUT2D eigenvalue weighted by atomic mass is 16.2. The van der Waals surface area contributed by atoms with Crippen molar-refractivity contribution < 1.29 is 0 Å². The standard InChI is InChI=1S/C25H29N7O/c1-17(2)24-28-32(20-11-7-4-8-12-20)25(33)31(24)16-18-13-14-21(19-9-5-3-6-10-19)22(15-18)23-26-29-30-27-23/h3,5-6,9-10,13-15,17,20H,4,7-8,11-12,16H2,1-2H3,(H,26,27,29,30). The third-order valence-corrected chi connectivity index (χ3v) is 6.45. The van der Waals surface area contributed by atoms with Crippen LogP contribution in [0, 0.1) is 0 Å². The predicted octanol–water partition coefficient (Wildman–Crippen LogP) is 4.57. The summed E-state index contributed by atoms with van der Waals surface area (Å²) in [6.45, 7) is 4.64. The maximum absolute atomic E-state index is 13.4. The van der Waals surface area contributed by atoms with Gasteiger partial charge in [-0.3, -0.25) is 4.57 Å². The smallest absolute Gasteiger partial charge is 0.274 e. The zero-order chi connectivity index (χ0) is 22.8. The van der Waals surface area contributed by atoms with Gasteiger partial charge in [0.05, 0.1) is 12.6 Å². The first kappa shape index (κ1) is 21.3. The van der Waals surface area contributed by atoms with Gasteiger partial charge < -0.3 is 0 Å². The second-order valence-electron chi connectivity index (χ2n) is 9.10. The lowest BCUT2D eigenvalue weighted by molar-refractivity contribution is 0.319. The van der Waals surface area contributed by atoms with Gasteiger partial charge >= 0.3 is 5.69 Å². The van der Waals surface area contributed by atoms with Gasteiger partial charge in [0, 0.05) is 11.5 Å². The molecule has 0 saturated heterocycles. The molecule has 1 aliphatic rings. The van der Waals surface area contributed by atoms with E-state index in [4.69, 9.17) is 5.10 Å². The van der Waals surface area contributed by atoms with Crippen molar-refractivity contribution in [3.63, 3.8) is 0 Å². The van der Waals surface area contributed by atoms with E-state index in [9.17, 15) is 4.79 Å². The number of nitrogens with zero attached hydrogens (tertiary/aromatic N) is 6. The molecule has 33 heavy (non-hydrogen) atoms. The summed E-state index contributed by atoms with van der Waals surface area (Å²) in [5.74, 6) is 1.52. The zero-order valence-corrected chi connectivity index (χ0v) is 19.1. The van der Waals surface area contributed by atoms with Crippen LogP contribution < -0.4 is 5.69 Å². The number of aromatic amines is 1. The molecule has 8 heteroatoms. The van der Waals surface area contributed by atoms with Crippen LogP contribution in [0.5, 0.6) is 0 Å². The largest absolute Gasteiger partial charge is 0.346 e. The molecule has 2 heterocycles. The Morgan fingerprint density at radius 1 is 1.03 bits per heavy atom. The van der Waals surface area contributed by atoms with Gasteiger partial charge in [0.1, 0.15) is 5.82 Å². The number of rotatable bonds is 6. The van der Waals surface area contributed by atoms with E-state index in [1.165, 1.54) is 6.42 Å². The average Bonchev–Trinajstić information content (AvgIpc) is 3.49. The molecule has 0 aliphatic heterocycles. The number of H-pyrrole nitrogens is 1. The molecule has 0 atom stereocenters. The summed E-state index contributed by atoms with van der Waals surface area (Å²) in [4.78, 5) is 13.4. The Hall–Kier alpha value is -3.55. The molecule has 1 aliphatic carbocycles. The molecule has 170 valence electrons. The summed E-state index contributed by atoms with van der Waals surface area (Å²) < 4.78 is 3.57. The van der Waals surface area contributed by atoms with E-state index in [0.29, 0.717) is 12.4 Å². The first-order chi connectivity index (χ1) is 16.1. The highest BCUT2D eigenvalue weighted by molar-refractivity contribution is 5.80. The zero-order valence-electron chi connectivity index (χ0n) is 19.1. The van der Waals surface area contributed by atoms with Crippen LogP contribution in [0.15, 0.2) is 53.3 Å². The first-order valence-corrected chi connectivity index (χ1v) is 11.7. The molecule has 0 radical (unpaired) electrons. The second-order valence-corrected chi connectivity index (χ2v) is 9.10. The fourth-order valence-corrected chi connectivity index (χ4v) is 4.77. The highest BCUT2D eigenvalue weighted by Crippen LogP contribution is 2.31. The first-order valence-electron chi connectivity index (χ1n) is 11.7. The number of aromatic nitrogens is 7. The van der Waals surface area contributed by atoms with E-state index in [-0.39, 0.29) is 17.6 Å². The number of hydrogen-bond acceptors (Lipinski definition) is 5. The molecule has 8 nitrogen and oxygen atoms in total. The van der Waals surface area contributed by atoms with Gasteiger partial charge in [-0.25, -0.2) is 9.48 Å². The Balaban J connectivity index is 1.55. The second kappa shape index (κ2) is 9.13. The Morgan fingerprint density at radius 2 is 1.82 bits per heavy atom.